The van der Waals surface area contributed by atoms with Gasteiger partial charge in [-0.2, -0.15) is 4.98 Å². The summed E-state index contributed by atoms with van der Waals surface area (Å²) in [6.45, 7) is 0. The number of methoxy groups -OCH3 is 2. The van der Waals surface area contributed by atoms with E-state index in [0.29, 0.717) is 0 Å². The minimum absolute atomic E-state index is 0.0475. The van der Waals surface area contributed by atoms with Crippen molar-refractivity contribution < 1.29 is 18.7 Å². The van der Waals surface area contributed by atoms with Gasteiger partial charge < -0.3 is 9.47 Å². The number of benzene rings is 1. The molecule has 0 bridgehead atoms. The van der Waals surface area contributed by atoms with Gasteiger partial charge in [0.2, 0.25) is 17.5 Å². The summed E-state index contributed by atoms with van der Waals surface area (Å²) in [6.07, 6.45) is 1.25. The lowest BCUT2D eigenvalue weighted by Crippen LogP contribution is -2.10. The van der Waals surface area contributed by atoms with Crippen LogP contribution in [0.1, 0.15) is 16.1 Å². The maximum absolute atomic E-state index is 13.7. The standard InChI is InChI=1S/C13H10ClFN2O3/c1-19-10-6-16-11(13(17-10)20-2)12(18)8-5-7(14)3-4-9(8)15/h3-6H,1-2H3. The summed E-state index contributed by atoms with van der Waals surface area (Å²) in [5.74, 6) is -1.23. The summed E-state index contributed by atoms with van der Waals surface area (Å²) in [5.41, 5.74) is -0.315. The lowest BCUT2D eigenvalue weighted by Gasteiger charge is -2.08. The van der Waals surface area contributed by atoms with Crippen molar-refractivity contribution in [2.75, 3.05) is 14.2 Å². The molecule has 0 unspecified atom stereocenters. The second-order valence-electron chi connectivity index (χ2n) is 3.72. The third-order valence-corrected chi connectivity index (χ3v) is 2.74. The zero-order chi connectivity index (χ0) is 14.7. The lowest BCUT2D eigenvalue weighted by atomic mass is 10.1. The average Bonchev–Trinajstić information content (AvgIpc) is 2.48. The van der Waals surface area contributed by atoms with E-state index in [1.54, 1.807) is 0 Å². The SMILES string of the molecule is COc1cnc(C(=O)c2cc(Cl)ccc2F)c(OC)n1. The Morgan fingerprint density at radius 1 is 1.30 bits per heavy atom. The van der Waals surface area contributed by atoms with Crippen molar-refractivity contribution in [1.82, 2.24) is 9.97 Å². The molecule has 0 aliphatic heterocycles. The van der Waals surface area contributed by atoms with E-state index in [9.17, 15) is 9.18 Å². The number of aromatic nitrogens is 2. The highest BCUT2D eigenvalue weighted by Crippen LogP contribution is 2.23. The smallest absolute Gasteiger partial charge is 0.247 e. The molecule has 20 heavy (non-hydrogen) atoms. The molecule has 1 aromatic heterocycles. The van der Waals surface area contributed by atoms with E-state index >= 15 is 0 Å². The molecular formula is C13H10ClFN2O3. The molecular weight excluding hydrogens is 287 g/mol. The topological polar surface area (TPSA) is 61.3 Å². The van der Waals surface area contributed by atoms with Crippen LogP contribution in [0, 0.1) is 5.82 Å². The highest BCUT2D eigenvalue weighted by atomic mass is 35.5. The molecule has 0 N–H and O–H groups in total. The van der Waals surface area contributed by atoms with E-state index in [1.165, 1.54) is 32.5 Å². The molecule has 2 aromatic rings. The van der Waals surface area contributed by atoms with Gasteiger partial charge in [-0.25, -0.2) is 9.37 Å². The first-order chi connectivity index (χ1) is 9.56. The fourth-order valence-electron chi connectivity index (χ4n) is 1.55. The molecule has 1 aromatic carbocycles. The number of hydrogen-bond acceptors (Lipinski definition) is 5. The molecule has 0 saturated heterocycles. The van der Waals surface area contributed by atoms with Crippen LogP contribution in [0.5, 0.6) is 11.8 Å². The number of nitrogens with zero attached hydrogens (tertiary/aromatic N) is 2. The Labute approximate surface area is 119 Å². The molecule has 0 spiro atoms. The number of ether oxygens (including phenoxy) is 2. The van der Waals surface area contributed by atoms with Crippen LogP contribution in [0.3, 0.4) is 0 Å². The summed E-state index contributed by atoms with van der Waals surface area (Å²) in [6, 6.07) is 3.69. The molecule has 0 saturated carbocycles. The zero-order valence-corrected chi connectivity index (χ0v) is 11.4. The van der Waals surface area contributed by atoms with Gasteiger partial charge in [0, 0.05) is 5.02 Å². The van der Waals surface area contributed by atoms with Crippen molar-refractivity contribution in [2.24, 2.45) is 0 Å². The fraction of sp³-hybridized carbons (Fsp3) is 0.154. The van der Waals surface area contributed by atoms with Crippen molar-refractivity contribution in [2.45, 2.75) is 0 Å². The normalized spacial score (nSPS) is 10.2. The molecule has 0 aliphatic rings. The Balaban J connectivity index is 2.50. The van der Waals surface area contributed by atoms with E-state index in [2.05, 4.69) is 9.97 Å². The van der Waals surface area contributed by atoms with Crippen LogP contribution in [0.25, 0.3) is 0 Å². The highest BCUT2D eigenvalue weighted by molar-refractivity contribution is 6.31. The monoisotopic (exact) mass is 296 g/mol. The Hall–Kier alpha value is -2.21. The van der Waals surface area contributed by atoms with Gasteiger partial charge in [0.15, 0.2) is 5.69 Å². The quantitative estimate of drug-likeness (QED) is 0.811. The van der Waals surface area contributed by atoms with Gasteiger partial charge in [-0.3, -0.25) is 4.79 Å². The van der Waals surface area contributed by atoms with Gasteiger partial charge in [-0.15, -0.1) is 0 Å². The van der Waals surface area contributed by atoms with Gasteiger partial charge in [0.1, 0.15) is 5.82 Å². The van der Waals surface area contributed by atoms with E-state index in [-0.39, 0.29) is 28.0 Å². The average molecular weight is 297 g/mol. The summed E-state index contributed by atoms with van der Waals surface area (Å²) in [5, 5.41) is 0.246. The highest BCUT2D eigenvalue weighted by Gasteiger charge is 2.21. The van der Waals surface area contributed by atoms with Gasteiger partial charge in [0.05, 0.1) is 26.0 Å². The van der Waals surface area contributed by atoms with Crippen molar-refractivity contribution in [1.29, 1.82) is 0 Å². The van der Waals surface area contributed by atoms with Crippen molar-refractivity contribution in [3.8, 4) is 11.8 Å². The second-order valence-corrected chi connectivity index (χ2v) is 4.16. The van der Waals surface area contributed by atoms with Crippen molar-refractivity contribution in [3.05, 3.63) is 46.5 Å². The maximum atomic E-state index is 13.7. The Bertz CT molecular complexity index is 664. The molecule has 7 heteroatoms. The first-order valence-electron chi connectivity index (χ1n) is 5.51. The van der Waals surface area contributed by atoms with Crippen LogP contribution < -0.4 is 9.47 Å². The molecule has 5 nitrogen and oxygen atoms in total. The number of carbonyl (C=O) groups is 1. The Morgan fingerprint density at radius 2 is 2.05 bits per heavy atom. The maximum Gasteiger partial charge on any atom is 0.247 e. The molecule has 0 aliphatic carbocycles. The van der Waals surface area contributed by atoms with Crippen LogP contribution in [0.2, 0.25) is 5.02 Å². The molecule has 2 rings (SSSR count). The molecule has 0 fully saturated rings. The fourth-order valence-corrected chi connectivity index (χ4v) is 1.72. The number of hydrogen-bond donors (Lipinski definition) is 0. The predicted octanol–water partition coefficient (Wildman–Crippen LogP) is 2.52. The van der Waals surface area contributed by atoms with Gasteiger partial charge >= 0.3 is 0 Å². The van der Waals surface area contributed by atoms with Crippen LogP contribution >= 0.6 is 11.6 Å². The number of ketones is 1. The second kappa shape index (κ2) is 5.83. The van der Waals surface area contributed by atoms with Crippen molar-refractivity contribution >= 4 is 17.4 Å². The largest absolute Gasteiger partial charge is 0.480 e. The molecule has 1 heterocycles. The minimum atomic E-state index is -0.695. The van der Waals surface area contributed by atoms with Crippen LogP contribution in [-0.2, 0) is 0 Å². The number of rotatable bonds is 4. The summed E-state index contributed by atoms with van der Waals surface area (Å²) >= 11 is 5.76. The van der Waals surface area contributed by atoms with Gasteiger partial charge in [-0.05, 0) is 18.2 Å². The van der Waals surface area contributed by atoms with Crippen LogP contribution in [0.15, 0.2) is 24.4 Å². The summed E-state index contributed by atoms with van der Waals surface area (Å²) in [7, 11) is 2.73. The van der Waals surface area contributed by atoms with E-state index in [0.717, 1.165) is 6.07 Å². The zero-order valence-electron chi connectivity index (χ0n) is 10.7. The minimum Gasteiger partial charge on any atom is -0.480 e. The summed E-state index contributed by atoms with van der Waals surface area (Å²) in [4.78, 5) is 20.1. The van der Waals surface area contributed by atoms with Gasteiger partial charge in [-0.1, -0.05) is 11.6 Å². The molecule has 0 atom stereocenters. The molecule has 104 valence electrons. The third kappa shape index (κ3) is 2.70. The lowest BCUT2D eigenvalue weighted by molar-refractivity contribution is 0.102. The number of carbonyl (C=O) groups excluding carboxylic acids is 1. The van der Waals surface area contributed by atoms with Crippen molar-refractivity contribution in [3.63, 3.8) is 0 Å². The third-order valence-electron chi connectivity index (χ3n) is 2.51. The Morgan fingerprint density at radius 3 is 2.70 bits per heavy atom. The van der Waals surface area contributed by atoms with E-state index in [1.807, 2.05) is 0 Å². The first-order valence-corrected chi connectivity index (χ1v) is 5.89. The molecule has 0 amide bonds. The van der Waals surface area contributed by atoms with Gasteiger partial charge in [0.25, 0.3) is 0 Å². The van der Waals surface area contributed by atoms with Crippen LogP contribution in [0.4, 0.5) is 4.39 Å². The van der Waals surface area contributed by atoms with E-state index < -0.39 is 11.6 Å². The van der Waals surface area contributed by atoms with Crippen LogP contribution in [-0.4, -0.2) is 30.0 Å². The van der Waals surface area contributed by atoms with E-state index in [4.69, 9.17) is 21.1 Å². The number of halogens is 2. The predicted molar refractivity (Wildman–Crippen MR) is 70.0 cm³/mol. The first kappa shape index (κ1) is 14.2. The molecule has 0 radical (unpaired) electrons. The summed E-state index contributed by atoms with van der Waals surface area (Å²) < 4.78 is 23.5. The Kier molecular flexibility index (Phi) is 4.14.